The molecule has 0 unspecified atom stereocenters. The van der Waals surface area contributed by atoms with Crippen molar-refractivity contribution in [2.75, 3.05) is 26.7 Å². The molecule has 140 valence electrons. The lowest BCUT2D eigenvalue weighted by atomic mass is 10.0. The predicted octanol–water partition coefficient (Wildman–Crippen LogP) is 2.80. The molecule has 1 aliphatic heterocycles. The van der Waals surface area contributed by atoms with E-state index in [0.717, 1.165) is 44.0 Å². The van der Waals surface area contributed by atoms with E-state index in [4.69, 9.17) is 4.42 Å². The molecular weight excluding hydrogens is 326 g/mol. The fourth-order valence-electron chi connectivity index (χ4n) is 3.49. The SMILES string of the molecule is Cc1ccc(CN(C)CC(=O)NC2CCN(Cc3ccccc3)CC2)o1. The zero-order chi connectivity index (χ0) is 18.4. The van der Waals surface area contributed by atoms with Gasteiger partial charge in [-0.1, -0.05) is 30.3 Å². The van der Waals surface area contributed by atoms with Crippen molar-refractivity contribution in [2.24, 2.45) is 0 Å². The molecule has 5 heteroatoms. The van der Waals surface area contributed by atoms with Crippen LogP contribution in [0.2, 0.25) is 0 Å². The number of aryl methyl sites for hydroxylation is 1. The number of hydrogen-bond donors (Lipinski definition) is 1. The molecule has 0 saturated carbocycles. The second-order valence-corrected chi connectivity index (χ2v) is 7.29. The van der Waals surface area contributed by atoms with E-state index >= 15 is 0 Å². The number of carbonyl (C=O) groups is 1. The Morgan fingerprint density at radius 3 is 2.58 bits per heavy atom. The highest BCUT2D eigenvalue weighted by atomic mass is 16.3. The van der Waals surface area contributed by atoms with Gasteiger partial charge in [-0.3, -0.25) is 14.6 Å². The van der Waals surface area contributed by atoms with Gasteiger partial charge in [0, 0.05) is 25.7 Å². The lowest BCUT2D eigenvalue weighted by Gasteiger charge is -2.32. The second kappa shape index (κ2) is 9.01. The summed E-state index contributed by atoms with van der Waals surface area (Å²) in [5, 5.41) is 3.19. The van der Waals surface area contributed by atoms with Crippen LogP contribution in [-0.2, 0) is 17.9 Å². The van der Waals surface area contributed by atoms with E-state index in [0.29, 0.717) is 13.1 Å². The fraction of sp³-hybridized carbons (Fsp3) is 0.476. The summed E-state index contributed by atoms with van der Waals surface area (Å²) in [4.78, 5) is 16.7. The maximum Gasteiger partial charge on any atom is 0.234 e. The molecule has 2 heterocycles. The predicted molar refractivity (Wildman–Crippen MR) is 103 cm³/mol. The number of nitrogens with one attached hydrogen (secondary N) is 1. The van der Waals surface area contributed by atoms with Gasteiger partial charge in [0.25, 0.3) is 0 Å². The summed E-state index contributed by atoms with van der Waals surface area (Å²) in [5.74, 6) is 1.89. The third kappa shape index (κ3) is 5.71. The second-order valence-electron chi connectivity index (χ2n) is 7.29. The maximum absolute atomic E-state index is 12.3. The molecule has 0 radical (unpaired) electrons. The molecule has 0 bridgehead atoms. The summed E-state index contributed by atoms with van der Waals surface area (Å²) in [6.07, 6.45) is 2.03. The Labute approximate surface area is 156 Å². The van der Waals surface area contributed by atoms with Gasteiger partial charge in [0.1, 0.15) is 11.5 Å². The third-order valence-electron chi connectivity index (χ3n) is 4.84. The van der Waals surface area contributed by atoms with Crippen molar-refractivity contribution in [1.29, 1.82) is 0 Å². The molecule has 1 amide bonds. The fourth-order valence-corrected chi connectivity index (χ4v) is 3.49. The first-order chi connectivity index (χ1) is 12.6. The number of likely N-dealkylation sites (tertiary alicyclic amines) is 1. The quantitative estimate of drug-likeness (QED) is 0.830. The largest absolute Gasteiger partial charge is 0.465 e. The number of piperidine rings is 1. The minimum atomic E-state index is 0.0947. The van der Waals surface area contributed by atoms with Gasteiger partial charge in [-0.05, 0) is 44.5 Å². The summed E-state index contributed by atoms with van der Waals surface area (Å²) in [6, 6.07) is 14.8. The van der Waals surface area contributed by atoms with Crippen molar-refractivity contribution in [3.8, 4) is 0 Å². The van der Waals surface area contributed by atoms with Gasteiger partial charge in [0.15, 0.2) is 0 Å². The van der Waals surface area contributed by atoms with Crippen LogP contribution in [0.4, 0.5) is 0 Å². The van der Waals surface area contributed by atoms with Gasteiger partial charge in [-0.2, -0.15) is 0 Å². The maximum atomic E-state index is 12.3. The Hall–Kier alpha value is -2.11. The normalized spacial score (nSPS) is 16.1. The van der Waals surface area contributed by atoms with Gasteiger partial charge in [-0.25, -0.2) is 0 Å². The number of nitrogens with zero attached hydrogens (tertiary/aromatic N) is 2. The molecule has 0 aliphatic carbocycles. The Bertz CT molecular complexity index is 690. The van der Waals surface area contributed by atoms with E-state index in [1.165, 1.54) is 5.56 Å². The van der Waals surface area contributed by atoms with Crippen LogP contribution in [0, 0.1) is 6.92 Å². The lowest BCUT2D eigenvalue weighted by Crippen LogP contribution is -2.46. The van der Waals surface area contributed by atoms with Gasteiger partial charge in [0.2, 0.25) is 5.91 Å². The minimum Gasteiger partial charge on any atom is -0.465 e. The van der Waals surface area contributed by atoms with Crippen molar-refractivity contribution < 1.29 is 9.21 Å². The van der Waals surface area contributed by atoms with Crippen molar-refractivity contribution in [3.63, 3.8) is 0 Å². The summed E-state index contributed by atoms with van der Waals surface area (Å²) >= 11 is 0. The number of benzene rings is 1. The van der Waals surface area contributed by atoms with Crippen molar-refractivity contribution in [1.82, 2.24) is 15.1 Å². The molecule has 26 heavy (non-hydrogen) atoms. The van der Waals surface area contributed by atoms with E-state index in [9.17, 15) is 4.79 Å². The van der Waals surface area contributed by atoms with Crippen LogP contribution in [-0.4, -0.2) is 48.4 Å². The molecule has 1 aliphatic rings. The van der Waals surface area contributed by atoms with Gasteiger partial charge >= 0.3 is 0 Å². The van der Waals surface area contributed by atoms with Crippen LogP contribution >= 0.6 is 0 Å². The minimum absolute atomic E-state index is 0.0947. The number of furan rings is 1. The molecule has 1 N–H and O–H groups in total. The Kier molecular flexibility index (Phi) is 6.47. The highest BCUT2D eigenvalue weighted by Crippen LogP contribution is 2.14. The molecular formula is C21H29N3O2. The molecule has 3 rings (SSSR count). The molecule has 1 saturated heterocycles. The Morgan fingerprint density at radius 1 is 1.19 bits per heavy atom. The van der Waals surface area contributed by atoms with Gasteiger partial charge in [-0.15, -0.1) is 0 Å². The average Bonchev–Trinajstić information content (AvgIpc) is 3.02. The lowest BCUT2D eigenvalue weighted by molar-refractivity contribution is -0.123. The standard InChI is InChI=1S/C21H29N3O2/c1-17-8-9-20(26-17)15-23(2)16-21(25)22-19-10-12-24(13-11-19)14-18-6-4-3-5-7-18/h3-9,19H,10-16H2,1-2H3,(H,22,25). The number of amides is 1. The number of rotatable bonds is 7. The molecule has 1 aromatic carbocycles. The summed E-state index contributed by atoms with van der Waals surface area (Å²) in [6.45, 7) is 6.02. The van der Waals surface area contributed by atoms with E-state index in [1.807, 2.05) is 31.0 Å². The molecule has 1 aromatic heterocycles. The topological polar surface area (TPSA) is 48.7 Å². The number of hydrogen-bond acceptors (Lipinski definition) is 4. The van der Waals surface area contributed by atoms with E-state index < -0.39 is 0 Å². The van der Waals surface area contributed by atoms with E-state index in [-0.39, 0.29) is 11.9 Å². The average molecular weight is 355 g/mol. The molecule has 0 atom stereocenters. The first-order valence-corrected chi connectivity index (χ1v) is 9.38. The van der Waals surface area contributed by atoms with Crippen LogP contribution in [0.25, 0.3) is 0 Å². The van der Waals surface area contributed by atoms with Crippen molar-refractivity contribution >= 4 is 5.91 Å². The zero-order valence-electron chi connectivity index (χ0n) is 15.8. The van der Waals surface area contributed by atoms with E-state index in [2.05, 4.69) is 40.5 Å². The smallest absolute Gasteiger partial charge is 0.234 e. The third-order valence-corrected chi connectivity index (χ3v) is 4.84. The Balaban J connectivity index is 1.36. The first-order valence-electron chi connectivity index (χ1n) is 9.38. The van der Waals surface area contributed by atoms with Crippen LogP contribution in [0.15, 0.2) is 46.9 Å². The van der Waals surface area contributed by atoms with Gasteiger partial charge < -0.3 is 9.73 Å². The zero-order valence-corrected chi connectivity index (χ0v) is 15.8. The summed E-state index contributed by atoms with van der Waals surface area (Å²) in [5.41, 5.74) is 1.35. The highest BCUT2D eigenvalue weighted by molar-refractivity contribution is 5.78. The van der Waals surface area contributed by atoms with Crippen LogP contribution in [0.5, 0.6) is 0 Å². The summed E-state index contributed by atoms with van der Waals surface area (Å²) in [7, 11) is 1.94. The molecule has 0 spiro atoms. The molecule has 5 nitrogen and oxygen atoms in total. The van der Waals surface area contributed by atoms with Crippen LogP contribution in [0.3, 0.4) is 0 Å². The van der Waals surface area contributed by atoms with Crippen LogP contribution in [0.1, 0.15) is 29.9 Å². The Morgan fingerprint density at radius 2 is 1.92 bits per heavy atom. The van der Waals surface area contributed by atoms with Crippen molar-refractivity contribution in [3.05, 3.63) is 59.5 Å². The summed E-state index contributed by atoms with van der Waals surface area (Å²) < 4.78 is 5.57. The molecule has 1 fully saturated rings. The monoisotopic (exact) mass is 355 g/mol. The highest BCUT2D eigenvalue weighted by Gasteiger charge is 2.21. The first kappa shape index (κ1) is 18.7. The number of likely N-dealkylation sites (N-methyl/N-ethyl adjacent to an activating group) is 1. The van der Waals surface area contributed by atoms with E-state index in [1.54, 1.807) is 0 Å². The van der Waals surface area contributed by atoms with Crippen molar-refractivity contribution in [2.45, 2.75) is 38.9 Å². The van der Waals surface area contributed by atoms with Gasteiger partial charge in [0.05, 0.1) is 13.1 Å². The number of carbonyl (C=O) groups excluding carboxylic acids is 1. The molecule has 2 aromatic rings. The van der Waals surface area contributed by atoms with Crippen LogP contribution < -0.4 is 5.32 Å².